The minimum Gasteiger partial charge on any atom is -0.335 e. The van der Waals surface area contributed by atoms with Crippen LogP contribution in [0.4, 0.5) is 0 Å². The molecule has 0 radical (unpaired) electrons. The van der Waals surface area contributed by atoms with E-state index in [1.165, 1.54) is 11.1 Å². The van der Waals surface area contributed by atoms with Crippen LogP contribution in [0.3, 0.4) is 0 Å². The van der Waals surface area contributed by atoms with Crippen LogP contribution < -0.4 is 0 Å². The van der Waals surface area contributed by atoms with Gasteiger partial charge in [-0.05, 0) is 35.4 Å². The van der Waals surface area contributed by atoms with E-state index >= 15 is 0 Å². The molecule has 200 valence electrons. The highest BCUT2D eigenvalue weighted by Crippen LogP contribution is 2.31. The number of carbonyl (C=O) groups excluding carboxylic acids is 1. The van der Waals surface area contributed by atoms with Crippen molar-refractivity contribution in [3.8, 4) is 16.9 Å². The molecular weight excluding hydrogens is 539 g/mol. The molecule has 4 aromatic carbocycles. The number of carbonyl (C=O) groups is 1. The van der Waals surface area contributed by atoms with Crippen molar-refractivity contribution in [2.45, 2.75) is 6.04 Å². The van der Waals surface area contributed by atoms with Crippen molar-refractivity contribution in [1.29, 1.82) is 0 Å². The van der Waals surface area contributed by atoms with Gasteiger partial charge in [0.2, 0.25) is 0 Å². The maximum atomic E-state index is 14.0. The van der Waals surface area contributed by atoms with Crippen LogP contribution >= 0.6 is 23.2 Å². The Morgan fingerprint density at radius 1 is 0.675 bits per heavy atom. The van der Waals surface area contributed by atoms with Gasteiger partial charge in [-0.2, -0.15) is 5.10 Å². The molecule has 5 aromatic rings. The number of hydrogen-bond donors (Lipinski definition) is 0. The smallest absolute Gasteiger partial charge is 0.272 e. The first kappa shape index (κ1) is 26.3. The van der Waals surface area contributed by atoms with Gasteiger partial charge in [0.05, 0.1) is 27.5 Å². The van der Waals surface area contributed by atoms with Gasteiger partial charge < -0.3 is 4.90 Å². The van der Waals surface area contributed by atoms with E-state index in [9.17, 15) is 4.79 Å². The largest absolute Gasteiger partial charge is 0.335 e. The normalized spacial score (nSPS) is 14.0. The SMILES string of the molecule is O=C(c1cc(-c2ccccc2)nn1-c1ccc(Cl)c(Cl)c1)N1CCN(C(c2ccccc2)c2ccccc2)CC1. The monoisotopic (exact) mass is 566 g/mol. The fraction of sp³-hybridized carbons (Fsp3) is 0.152. The minimum absolute atomic E-state index is 0.0589. The van der Waals surface area contributed by atoms with Crippen molar-refractivity contribution in [3.63, 3.8) is 0 Å². The Morgan fingerprint density at radius 2 is 1.25 bits per heavy atom. The zero-order valence-corrected chi connectivity index (χ0v) is 23.3. The number of hydrogen-bond acceptors (Lipinski definition) is 3. The van der Waals surface area contributed by atoms with E-state index in [0.29, 0.717) is 34.5 Å². The summed E-state index contributed by atoms with van der Waals surface area (Å²) in [5.41, 5.74) is 5.34. The Hall–Kier alpha value is -3.90. The number of benzene rings is 4. The number of piperazine rings is 1. The lowest BCUT2D eigenvalue weighted by molar-refractivity contribution is 0.0589. The van der Waals surface area contributed by atoms with Crippen LogP contribution in [0.5, 0.6) is 0 Å². The average molecular weight is 568 g/mol. The summed E-state index contributed by atoms with van der Waals surface area (Å²) < 4.78 is 1.68. The van der Waals surface area contributed by atoms with Gasteiger partial charge in [0.15, 0.2) is 0 Å². The second kappa shape index (κ2) is 11.7. The van der Waals surface area contributed by atoms with Crippen LogP contribution in [0.2, 0.25) is 10.0 Å². The predicted molar refractivity (Wildman–Crippen MR) is 161 cm³/mol. The predicted octanol–water partition coefficient (Wildman–Crippen LogP) is 7.39. The van der Waals surface area contributed by atoms with Gasteiger partial charge in [0, 0.05) is 31.7 Å². The van der Waals surface area contributed by atoms with Gasteiger partial charge in [-0.1, -0.05) is 114 Å². The zero-order valence-electron chi connectivity index (χ0n) is 21.8. The molecule has 0 spiro atoms. The summed E-state index contributed by atoms with van der Waals surface area (Å²) in [6.45, 7) is 2.74. The Morgan fingerprint density at radius 3 is 1.82 bits per heavy atom. The molecule has 1 saturated heterocycles. The summed E-state index contributed by atoms with van der Waals surface area (Å²) in [6, 6.07) is 38.3. The highest BCUT2D eigenvalue weighted by molar-refractivity contribution is 6.42. The molecule has 0 bridgehead atoms. The number of amides is 1. The van der Waals surface area contributed by atoms with Crippen LogP contribution in [-0.2, 0) is 0 Å². The van der Waals surface area contributed by atoms with Crippen molar-refractivity contribution in [2.75, 3.05) is 26.2 Å². The van der Waals surface area contributed by atoms with Crippen molar-refractivity contribution in [1.82, 2.24) is 19.6 Å². The lowest BCUT2D eigenvalue weighted by atomic mass is 9.96. The van der Waals surface area contributed by atoms with Crippen molar-refractivity contribution >= 4 is 29.1 Å². The fourth-order valence-corrected chi connectivity index (χ4v) is 5.62. The van der Waals surface area contributed by atoms with E-state index in [4.69, 9.17) is 28.3 Å². The van der Waals surface area contributed by atoms with E-state index in [1.54, 1.807) is 16.8 Å². The summed E-state index contributed by atoms with van der Waals surface area (Å²) in [7, 11) is 0. The number of rotatable bonds is 6. The number of aromatic nitrogens is 2. The highest BCUT2D eigenvalue weighted by atomic mass is 35.5. The van der Waals surface area contributed by atoms with Gasteiger partial charge in [-0.25, -0.2) is 4.68 Å². The van der Waals surface area contributed by atoms with Gasteiger partial charge >= 0.3 is 0 Å². The Labute approximate surface area is 244 Å². The molecule has 1 aromatic heterocycles. The second-order valence-corrected chi connectivity index (χ2v) is 10.7. The van der Waals surface area contributed by atoms with Gasteiger partial charge in [0.25, 0.3) is 5.91 Å². The fourth-order valence-electron chi connectivity index (χ4n) is 5.33. The van der Waals surface area contributed by atoms with Gasteiger partial charge in [-0.15, -0.1) is 0 Å². The molecule has 0 unspecified atom stereocenters. The van der Waals surface area contributed by atoms with Crippen LogP contribution in [0, 0.1) is 0 Å². The van der Waals surface area contributed by atoms with Crippen LogP contribution in [-0.4, -0.2) is 51.7 Å². The quantitative estimate of drug-likeness (QED) is 0.215. The average Bonchev–Trinajstić information content (AvgIpc) is 3.46. The Balaban J connectivity index is 1.28. The lowest BCUT2D eigenvalue weighted by Gasteiger charge is -2.39. The summed E-state index contributed by atoms with van der Waals surface area (Å²) in [5, 5.41) is 5.68. The van der Waals surface area contributed by atoms with Crippen molar-refractivity contribution in [2.24, 2.45) is 0 Å². The molecule has 2 heterocycles. The molecule has 0 saturated carbocycles. The van der Waals surface area contributed by atoms with Crippen molar-refractivity contribution in [3.05, 3.63) is 142 Å². The molecule has 0 aliphatic carbocycles. The van der Waals surface area contributed by atoms with Crippen LogP contribution in [0.15, 0.2) is 115 Å². The molecule has 7 heteroatoms. The van der Waals surface area contributed by atoms with E-state index < -0.39 is 0 Å². The first-order valence-corrected chi connectivity index (χ1v) is 14.1. The molecule has 1 aliphatic heterocycles. The van der Waals surface area contributed by atoms with E-state index in [2.05, 4.69) is 53.4 Å². The highest BCUT2D eigenvalue weighted by Gasteiger charge is 2.30. The summed E-state index contributed by atoms with van der Waals surface area (Å²) in [4.78, 5) is 18.4. The lowest BCUT2D eigenvalue weighted by Crippen LogP contribution is -2.50. The molecule has 0 atom stereocenters. The molecule has 1 fully saturated rings. The molecule has 40 heavy (non-hydrogen) atoms. The second-order valence-electron chi connectivity index (χ2n) is 9.84. The zero-order chi connectivity index (χ0) is 27.5. The minimum atomic E-state index is -0.0589. The molecule has 6 rings (SSSR count). The molecule has 1 aliphatic rings. The maximum absolute atomic E-state index is 14.0. The molecule has 1 amide bonds. The Kier molecular flexibility index (Phi) is 7.69. The number of halogens is 2. The van der Waals surface area contributed by atoms with Crippen molar-refractivity contribution < 1.29 is 4.79 Å². The summed E-state index contributed by atoms with van der Waals surface area (Å²) in [6.07, 6.45) is 0. The van der Waals surface area contributed by atoms with Gasteiger partial charge in [-0.3, -0.25) is 9.69 Å². The van der Waals surface area contributed by atoms with E-state index in [0.717, 1.165) is 24.3 Å². The van der Waals surface area contributed by atoms with Gasteiger partial charge in [0.1, 0.15) is 5.69 Å². The van der Waals surface area contributed by atoms with Crippen LogP contribution in [0.25, 0.3) is 16.9 Å². The van der Waals surface area contributed by atoms with Crippen LogP contribution in [0.1, 0.15) is 27.7 Å². The molecule has 5 nitrogen and oxygen atoms in total. The van der Waals surface area contributed by atoms with E-state index in [1.807, 2.05) is 59.5 Å². The summed E-state index contributed by atoms with van der Waals surface area (Å²) >= 11 is 12.5. The first-order valence-electron chi connectivity index (χ1n) is 13.3. The third-order valence-corrected chi connectivity index (χ3v) is 8.08. The topological polar surface area (TPSA) is 41.4 Å². The molecule has 0 N–H and O–H groups in total. The maximum Gasteiger partial charge on any atom is 0.272 e. The number of nitrogens with zero attached hydrogens (tertiary/aromatic N) is 4. The third kappa shape index (κ3) is 5.41. The standard InChI is InChI=1S/C33H28Cl2N4O/c34-28-17-16-27(22-29(28)35)39-31(23-30(36-39)24-10-4-1-5-11-24)33(40)38-20-18-37(19-21-38)32(25-12-6-2-7-13-25)26-14-8-3-9-15-26/h1-17,22-23,32H,18-21H2. The first-order chi connectivity index (χ1) is 19.6. The molecular formula is C33H28Cl2N4O. The third-order valence-electron chi connectivity index (χ3n) is 7.34. The Bertz CT molecular complexity index is 1560. The summed E-state index contributed by atoms with van der Waals surface area (Å²) in [5.74, 6) is -0.0589. The van der Waals surface area contributed by atoms with E-state index in [-0.39, 0.29) is 11.9 Å².